The maximum Gasteiger partial charge on any atom is 0.224 e. The van der Waals surface area contributed by atoms with E-state index < -0.39 is 0 Å². The molecular formula is C13H20N2O. The summed E-state index contributed by atoms with van der Waals surface area (Å²) in [6.45, 7) is 5.95. The van der Waals surface area contributed by atoms with Crippen molar-refractivity contribution in [2.75, 3.05) is 5.32 Å². The molecule has 0 heterocycles. The summed E-state index contributed by atoms with van der Waals surface area (Å²) in [6, 6.07) is 5.98. The van der Waals surface area contributed by atoms with E-state index in [2.05, 4.69) is 5.32 Å². The molecule has 1 amide bonds. The zero-order valence-corrected chi connectivity index (χ0v) is 10.2. The summed E-state index contributed by atoms with van der Waals surface area (Å²) >= 11 is 0. The number of aryl methyl sites for hydroxylation is 1. The zero-order valence-electron chi connectivity index (χ0n) is 10.2. The van der Waals surface area contributed by atoms with Crippen LogP contribution in [-0.2, 0) is 4.79 Å². The van der Waals surface area contributed by atoms with Gasteiger partial charge in [-0.15, -0.1) is 0 Å². The van der Waals surface area contributed by atoms with Crippen LogP contribution in [0.25, 0.3) is 0 Å². The predicted octanol–water partition coefficient (Wildman–Crippen LogP) is 2.37. The molecule has 0 saturated carbocycles. The summed E-state index contributed by atoms with van der Waals surface area (Å²) in [5.74, 6) is 0.0333. The van der Waals surface area contributed by atoms with Crippen molar-refractivity contribution in [3.05, 3.63) is 29.3 Å². The predicted molar refractivity (Wildman–Crippen MR) is 67.4 cm³/mol. The largest absolute Gasteiger partial charge is 0.328 e. The molecule has 0 aliphatic carbocycles. The normalized spacial score (nSPS) is 12.2. The quantitative estimate of drug-likeness (QED) is 0.818. The summed E-state index contributed by atoms with van der Waals surface area (Å²) < 4.78 is 0. The molecule has 1 unspecified atom stereocenters. The highest BCUT2D eigenvalue weighted by Crippen LogP contribution is 2.18. The lowest BCUT2D eigenvalue weighted by molar-refractivity contribution is -0.116. The Balaban J connectivity index is 2.59. The van der Waals surface area contributed by atoms with E-state index in [0.29, 0.717) is 6.42 Å². The maximum absolute atomic E-state index is 11.6. The van der Waals surface area contributed by atoms with Gasteiger partial charge in [0.15, 0.2) is 0 Å². The van der Waals surface area contributed by atoms with Crippen LogP contribution in [0.5, 0.6) is 0 Å². The number of hydrogen-bond donors (Lipinski definition) is 2. The molecule has 0 aromatic heterocycles. The zero-order chi connectivity index (χ0) is 12.1. The average molecular weight is 220 g/mol. The van der Waals surface area contributed by atoms with E-state index in [1.807, 2.05) is 39.0 Å². The van der Waals surface area contributed by atoms with Gasteiger partial charge >= 0.3 is 0 Å². The van der Waals surface area contributed by atoms with Gasteiger partial charge in [0.2, 0.25) is 5.91 Å². The Hall–Kier alpha value is -1.35. The van der Waals surface area contributed by atoms with Gasteiger partial charge in [-0.05, 0) is 44.4 Å². The Morgan fingerprint density at radius 2 is 2.12 bits per heavy atom. The fourth-order valence-electron chi connectivity index (χ4n) is 1.46. The molecule has 1 aromatic rings. The van der Waals surface area contributed by atoms with Gasteiger partial charge in [-0.2, -0.15) is 0 Å². The van der Waals surface area contributed by atoms with Gasteiger partial charge in [0, 0.05) is 18.2 Å². The lowest BCUT2D eigenvalue weighted by Crippen LogP contribution is -2.19. The van der Waals surface area contributed by atoms with Crippen LogP contribution < -0.4 is 11.1 Å². The maximum atomic E-state index is 11.6. The van der Waals surface area contributed by atoms with Crippen molar-refractivity contribution >= 4 is 11.6 Å². The van der Waals surface area contributed by atoms with Crippen molar-refractivity contribution < 1.29 is 4.79 Å². The molecule has 1 aromatic carbocycles. The molecule has 3 N–H and O–H groups in total. The highest BCUT2D eigenvalue weighted by atomic mass is 16.1. The Kier molecular flexibility index (Phi) is 4.50. The van der Waals surface area contributed by atoms with Crippen LogP contribution in [0.1, 0.15) is 30.9 Å². The van der Waals surface area contributed by atoms with Crippen LogP contribution in [0.4, 0.5) is 5.69 Å². The molecule has 0 aliphatic heterocycles. The number of benzene rings is 1. The standard InChI is InChI=1S/C13H20N2O/c1-9-5-4-6-12(11(9)3)15-13(16)8-7-10(2)14/h4-6,10H,7-8,14H2,1-3H3,(H,15,16). The SMILES string of the molecule is Cc1cccc(NC(=O)CCC(C)N)c1C. The van der Waals surface area contributed by atoms with E-state index in [1.54, 1.807) is 0 Å². The van der Waals surface area contributed by atoms with Crippen LogP contribution in [0.15, 0.2) is 18.2 Å². The minimum absolute atomic E-state index is 0.0333. The minimum atomic E-state index is 0.0333. The molecule has 0 bridgehead atoms. The van der Waals surface area contributed by atoms with E-state index in [-0.39, 0.29) is 11.9 Å². The first kappa shape index (κ1) is 12.7. The smallest absolute Gasteiger partial charge is 0.224 e. The van der Waals surface area contributed by atoms with Crippen LogP contribution in [0.2, 0.25) is 0 Å². The van der Waals surface area contributed by atoms with Gasteiger partial charge in [0.25, 0.3) is 0 Å². The highest BCUT2D eigenvalue weighted by Gasteiger charge is 2.06. The topological polar surface area (TPSA) is 55.1 Å². The fourth-order valence-corrected chi connectivity index (χ4v) is 1.46. The van der Waals surface area contributed by atoms with Crippen molar-refractivity contribution in [3.63, 3.8) is 0 Å². The van der Waals surface area contributed by atoms with E-state index in [0.717, 1.165) is 17.7 Å². The van der Waals surface area contributed by atoms with Gasteiger partial charge in [-0.1, -0.05) is 12.1 Å². The van der Waals surface area contributed by atoms with Gasteiger partial charge in [-0.25, -0.2) is 0 Å². The number of nitrogens with two attached hydrogens (primary N) is 1. The third kappa shape index (κ3) is 3.66. The lowest BCUT2D eigenvalue weighted by atomic mass is 10.1. The fraction of sp³-hybridized carbons (Fsp3) is 0.462. The molecular weight excluding hydrogens is 200 g/mol. The van der Waals surface area contributed by atoms with Gasteiger partial charge < -0.3 is 11.1 Å². The van der Waals surface area contributed by atoms with Crippen LogP contribution in [-0.4, -0.2) is 11.9 Å². The Bertz CT molecular complexity index is 372. The molecule has 0 saturated heterocycles. The number of anilines is 1. The van der Waals surface area contributed by atoms with Gasteiger partial charge in [0.1, 0.15) is 0 Å². The molecule has 0 fully saturated rings. The molecule has 0 spiro atoms. The first-order valence-corrected chi connectivity index (χ1v) is 5.62. The van der Waals surface area contributed by atoms with Crippen molar-refractivity contribution in [3.8, 4) is 0 Å². The molecule has 3 nitrogen and oxygen atoms in total. The third-order valence-corrected chi connectivity index (χ3v) is 2.71. The number of nitrogens with one attached hydrogen (secondary N) is 1. The first-order chi connectivity index (χ1) is 7.50. The monoisotopic (exact) mass is 220 g/mol. The Morgan fingerprint density at radius 3 is 2.75 bits per heavy atom. The summed E-state index contributed by atoms with van der Waals surface area (Å²) in [5.41, 5.74) is 8.81. The molecule has 88 valence electrons. The van der Waals surface area contributed by atoms with Crippen molar-refractivity contribution in [1.29, 1.82) is 0 Å². The van der Waals surface area contributed by atoms with Gasteiger partial charge in [-0.3, -0.25) is 4.79 Å². The first-order valence-electron chi connectivity index (χ1n) is 5.62. The van der Waals surface area contributed by atoms with Crippen LogP contribution in [0, 0.1) is 13.8 Å². The third-order valence-electron chi connectivity index (χ3n) is 2.71. The molecule has 1 rings (SSSR count). The number of rotatable bonds is 4. The van der Waals surface area contributed by atoms with Crippen LogP contribution in [0.3, 0.4) is 0 Å². The summed E-state index contributed by atoms with van der Waals surface area (Å²) in [5, 5.41) is 2.91. The molecule has 3 heteroatoms. The molecule has 0 aliphatic rings. The highest BCUT2D eigenvalue weighted by molar-refractivity contribution is 5.91. The number of amides is 1. The Labute approximate surface area is 97.0 Å². The number of carbonyl (C=O) groups is 1. The average Bonchev–Trinajstić information content (AvgIpc) is 2.22. The second-order valence-electron chi connectivity index (χ2n) is 4.31. The van der Waals surface area contributed by atoms with E-state index >= 15 is 0 Å². The van der Waals surface area contributed by atoms with E-state index in [9.17, 15) is 4.79 Å². The van der Waals surface area contributed by atoms with Crippen molar-refractivity contribution in [1.82, 2.24) is 0 Å². The van der Waals surface area contributed by atoms with E-state index in [4.69, 9.17) is 5.73 Å². The van der Waals surface area contributed by atoms with Crippen molar-refractivity contribution in [2.45, 2.75) is 39.7 Å². The summed E-state index contributed by atoms with van der Waals surface area (Å²) in [7, 11) is 0. The van der Waals surface area contributed by atoms with E-state index in [1.165, 1.54) is 5.56 Å². The van der Waals surface area contributed by atoms with Crippen LogP contribution >= 0.6 is 0 Å². The van der Waals surface area contributed by atoms with Gasteiger partial charge in [0.05, 0.1) is 0 Å². The summed E-state index contributed by atoms with van der Waals surface area (Å²) in [6.07, 6.45) is 1.20. The number of hydrogen-bond acceptors (Lipinski definition) is 2. The van der Waals surface area contributed by atoms with Crippen molar-refractivity contribution in [2.24, 2.45) is 5.73 Å². The molecule has 1 atom stereocenters. The second kappa shape index (κ2) is 5.66. The lowest BCUT2D eigenvalue weighted by Gasteiger charge is -2.10. The minimum Gasteiger partial charge on any atom is -0.328 e. The summed E-state index contributed by atoms with van der Waals surface area (Å²) in [4.78, 5) is 11.6. The molecule has 16 heavy (non-hydrogen) atoms. The molecule has 0 radical (unpaired) electrons. The Morgan fingerprint density at radius 1 is 1.44 bits per heavy atom. The number of carbonyl (C=O) groups excluding carboxylic acids is 1. The second-order valence-corrected chi connectivity index (χ2v) is 4.31.